The molecule has 359 valence electrons. The molecular formula is C63H63ClCuN4O. The van der Waals surface area contributed by atoms with Gasteiger partial charge in [0, 0.05) is 6.42 Å². The topological polar surface area (TPSA) is 71.1 Å². The van der Waals surface area contributed by atoms with Gasteiger partial charge in [0.15, 0.2) is 0 Å². The maximum absolute atomic E-state index is 13.0. The van der Waals surface area contributed by atoms with Gasteiger partial charge in [-0.05, 0) is 142 Å². The first-order chi connectivity index (χ1) is 32.4. The molecule has 0 unspecified atom stereocenters. The number of aromatic nitrogens is 4. The molecule has 9 rings (SSSR count). The van der Waals surface area contributed by atoms with Gasteiger partial charge in [0.25, 0.3) is 0 Å². The molecule has 2 aliphatic heterocycles. The minimum absolute atomic E-state index is 0. The van der Waals surface area contributed by atoms with Crippen molar-refractivity contribution in [3.63, 3.8) is 0 Å². The van der Waals surface area contributed by atoms with Gasteiger partial charge in [0.1, 0.15) is 0 Å². The summed E-state index contributed by atoms with van der Waals surface area (Å²) >= 11 is 6.31. The Hall–Kier alpha value is -6.04. The van der Waals surface area contributed by atoms with Gasteiger partial charge in [0.05, 0.1) is 22.8 Å². The van der Waals surface area contributed by atoms with E-state index in [1.165, 1.54) is 16.7 Å². The molecule has 2 aliphatic rings. The maximum Gasteiger partial charge on any atom is 2.00 e. The fraction of sp³-hybridized carbons (Fsp3) is 0.286. The first-order valence-corrected chi connectivity index (χ1v) is 24.5. The second-order valence-electron chi connectivity index (χ2n) is 23.0. The van der Waals surface area contributed by atoms with E-state index in [1.54, 1.807) is 0 Å². The number of nitrogens with zero attached hydrogens (tertiary/aromatic N) is 4. The van der Waals surface area contributed by atoms with Gasteiger partial charge in [-0.1, -0.05) is 192 Å². The van der Waals surface area contributed by atoms with E-state index in [1.807, 2.05) is 0 Å². The van der Waals surface area contributed by atoms with Gasteiger partial charge < -0.3 is 9.97 Å². The molecule has 7 aromatic rings. The zero-order valence-corrected chi connectivity index (χ0v) is 44.5. The molecule has 70 heavy (non-hydrogen) atoms. The molecule has 3 aromatic heterocycles. The number of hydrogen-bond donors (Lipinski definition) is 0. The van der Waals surface area contributed by atoms with Gasteiger partial charge >= 0.3 is 17.1 Å². The Balaban J connectivity index is 0.00000659. The average Bonchev–Trinajstić information content (AvgIpc) is 4.12. The molecule has 8 bridgehead atoms. The Bertz CT molecular complexity index is 3340. The molecule has 5 nitrogen and oxygen atoms in total. The number of fused-ring (bicyclic) bond motifs is 8. The van der Waals surface area contributed by atoms with Crippen LogP contribution in [-0.2, 0) is 49.9 Å². The standard InChI is InChI=1S/C63H63ClN4O.Cu/c1-37-34-45(63(11,12)13)35-41(36-54(64)69)55(37)59-52-32-30-50(67-52)57(39-16-22-43(23-17-39)61(5,6)7)48-28-26-46(65-48)56(38-14-20-42(21-15-38)60(2,3)4)47-27-29-49(66-47)58(51-31-33-53(59)68-51)40-18-24-44(25-19-40)62(8,9)10;/h14-35H,36H2,1-13H3;/q-2;+2. The van der Waals surface area contributed by atoms with Crippen molar-refractivity contribution in [1.29, 1.82) is 0 Å². The van der Waals surface area contributed by atoms with Crippen LogP contribution in [-0.4, -0.2) is 15.2 Å². The Kier molecular flexibility index (Phi) is 13.4. The van der Waals surface area contributed by atoms with Crippen LogP contribution in [0, 0.1) is 6.92 Å². The SMILES string of the molecule is Cc1cc(C(C)(C)C)cc(CC(=O)Cl)c1-c1c2nc(c(-c3ccc(C(C)(C)C)cc3)c3ccc([n-]3)c(-c3ccc(C(C)(C)C)cc3)c3nc(c(-c4ccc(C(C)(C)C)cc4)c4ccc1[n-]4)C=C3)C=C2.[Cu+2]. The third kappa shape index (κ3) is 9.97. The van der Waals surface area contributed by atoms with Crippen LogP contribution in [0.25, 0.3) is 90.9 Å². The van der Waals surface area contributed by atoms with E-state index >= 15 is 0 Å². The van der Waals surface area contributed by atoms with Gasteiger partial charge in [-0.25, -0.2) is 9.97 Å². The van der Waals surface area contributed by atoms with Crippen LogP contribution >= 0.6 is 11.6 Å². The number of carbonyl (C=O) groups is 1. The van der Waals surface area contributed by atoms with Crippen molar-refractivity contribution in [2.24, 2.45) is 0 Å². The van der Waals surface area contributed by atoms with Crippen LogP contribution in [0.15, 0.2) is 109 Å². The zero-order chi connectivity index (χ0) is 49.4. The summed E-state index contributed by atoms with van der Waals surface area (Å²) in [6, 6.07) is 39.3. The van der Waals surface area contributed by atoms with E-state index in [0.29, 0.717) is 0 Å². The third-order valence-corrected chi connectivity index (χ3v) is 13.7. The normalized spacial score (nSPS) is 12.9. The fourth-order valence-electron chi connectivity index (χ4n) is 9.58. The van der Waals surface area contributed by atoms with Crippen molar-refractivity contribution in [2.45, 2.75) is 118 Å². The molecular weight excluding hydrogens is 928 g/mol. The van der Waals surface area contributed by atoms with Gasteiger partial charge in [0.2, 0.25) is 5.24 Å². The average molecular weight is 991 g/mol. The first kappa shape index (κ1) is 50.4. The van der Waals surface area contributed by atoms with Gasteiger partial charge in [-0.3, -0.25) is 4.79 Å². The van der Waals surface area contributed by atoms with Gasteiger partial charge in [-0.15, -0.1) is 22.1 Å². The molecule has 0 N–H and O–H groups in total. The third-order valence-electron chi connectivity index (χ3n) is 13.6. The molecule has 0 atom stereocenters. The van der Waals surface area contributed by atoms with Crippen molar-refractivity contribution < 1.29 is 21.9 Å². The molecule has 0 saturated carbocycles. The second-order valence-corrected chi connectivity index (χ2v) is 23.4. The van der Waals surface area contributed by atoms with Crippen LogP contribution in [0.3, 0.4) is 0 Å². The summed E-state index contributed by atoms with van der Waals surface area (Å²) in [7, 11) is 0. The zero-order valence-electron chi connectivity index (χ0n) is 42.8. The molecule has 5 heterocycles. The summed E-state index contributed by atoms with van der Waals surface area (Å²) < 4.78 is 0. The van der Waals surface area contributed by atoms with Crippen molar-refractivity contribution in [3.8, 4) is 44.5 Å². The Morgan fingerprint density at radius 2 is 0.729 bits per heavy atom. The van der Waals surface area contributed by atoms with E-state index in [2.05, 4.69) is 224 Å². The molecule has 4 aromatic carbocycles. The number of benzene rings is 4. The Labute approximate surface area is 430 Å². The quantitative estimate of drug-likeness (QED) is 0.123. The fourth-order valence-corrected chi connectivity index (χ4v) is 9.73. The van der Waals surface area contributed by atoms with E-state index in [4.69, 9.17) is 31.5 Å². The van der Waals surface area contributed by atoms with Crippen molar-refractivity contribution in [1.82, 2.24) is 19.9 Å². The molecule has 1 radical (unpaired) electrons. The Morgan fingerprint density at radius 1 is 0.429 bits per heavy atom. The van der Waals surface area contributed by atoms with E-state index < -0.39 is 5.24 Å². The largest absolute Gasteiger partial charge is 2.00 e. The summed E-state index contributed by atoms with van der Waals surface area (Å²) in [6.07, 6.45) is 8.47. The summed E-state index contributed by atoms with van der Waals surface area (Å²) in [5.74, 6) is 0. The van der Waals surface area contributed by atoms with Crippen molar-refractivity contribution in [2.75, 3.05) is 0 Å². The molecule has 0 aliphatic carbocycles. The predicted molar refractivity (Wildman–Crippen MR) is 293 cm³/mol. The summed E-state index contributed by atoms with van der Waals surface area (Å²) in [5, 5.41) is -0.427. The molecule has 7 heteroatoms. The summed E-state index contributed by atoms with van der Waals surface area (Å²) in [6.45, 7) is 28.8. The van der Waals surface area contributed by atoms with Crippen LogP contribution in [0.1, 0.15) is 139 Å². The van der Waals surface area contributed by atoms with Crippen LogP contribution in [0.2, 0.25) is 0 Å². The monoisotopic (exact) mass is 989 g/mol. The minimum atomic E-state index is -0.427. The maximum atomic E-state index is 13.0. The molecule has 0 spiro atoms. The molecule has 0 amide bonds. The molecule has 0 saturated heterocycles. The smallest absolute Gasteiger partial charge is 0.657 e. The van der Waals surface area contributed by atoms with E-state index in [9.17, 15) is 4.79 Å². The number of rotatable bonds is 6. The Morgan fingerprint density at radius 3 is 1.03 bits per heavy atom. The van der Waals surface area contributed by atoms with E-state index in [0.717, 1.165) is 106 Å². The number of carbonyl (C=O) groups excluding carboxylic acids is 1. The van der Waals surface area contributed by atoms with E-state index in [-0.39, 0.29) is 45.1 Å². The van der Waals surface area contributed by atoms with Crippen LogP contribution in [0.5, 0.6) is 0 Å². The minimum Gasteiger partial charge on any atom is -0.657 e. The first-order valence-electron chi connectivity index (χ1n) is 24.2. The summed E-state index contributed by atoms with van der Waals surface area (Å²) in [4.78, 5) is 35.1. The molecule has 0 fully saturated rings. The van der Waals surface area contributed by atoms with Crippen molar-refractivity contribution >= 4 is 63.2 Å². The van der Waals surface area contributed by atoms with Crippen LogP contribution in [0.4, 0.5) is 0 Å². The second kappa shape index (κ2) is 18.6. The number of halogens is 1. The van der Waals surface area contributed by atoms with Gasteiger partial charge in [-0.2, -0.15) is 0 Å². The predicted octanol–water partition coefficient (Wildman–Crippen LogP) is 16.4. The van der Waals surface area contributed by atoms with Crippen LogP contribution < -0.4 is 9.97 Å². The summed E-state index contributed by atoms with van der Waals surface area (Å²) in [5.41, 5.74) is 20.4. The number of hydrogen-bond acceptors (Lipinski definition) is 3. The number of aryl methyl sites for hydroxylation is 1. The van der Waals surface area contributed by atoms with Crippen molar-refractivity contribution in [3.05, 3.63) is 165 Å².